The Hall–Kier alpha value is -1.38. The zero-order valence-electron chi connectivity index (χ0n) is 26.4. The first-order chi connectivity index (χ1) is 19.1. The van der Waals surface area contributed by atoms with E-state index in [0.717, 1.165) is 38.5 Å². The van der Waals surface area contributed by atoms with E-state index in [0.29, 0.717) is 12.8 Å². The van der Waals surface area contributed by atoms with Crippen LogP contribution in [-0.4, -0.2) is 11.7 Å². The van der Waals surface area contributed by atoms with Crippen molar-refractivity contribution in [3.05, 3.63) is 24.3 Å². The van der Waals surface area contributed by atoms with Crippen molar-refractivity contribution in [2.45, 2.75) is 187 Å². The van der Waals surface area contributed by atoms with Crippen molar-refractivity contribution in [1.29, 1.82) is 0 Å². The monoisotopic (exact) mass is 546 g/mol. The van der Waals surface area contributed by atoms with Gasteiger partial charge < -0.3 is 5.73 Å². The summed E-state index contributed by atoms with van der Waals surface area (Å²) in [5, 5.41) is 0. The Balaban J connectivity index is 3.64. The summed E-state index contributed by atoms with van der Waals surface area (Å²) in [6.45, 7) is 4.53. The van der Waals surface area contributed by atoms with Gasteiger partial charge in [0.1, 0.15) is 5.78 Å². The van der Waals surface area contributed by atoms with Gasteiger partial charge in [0.25, 0.3) is 0 Å². The molecule has 3 nitrogen and oxygen atoms in total. The van der Waals surface area contributed by atoms with Crippen LogP contribution in [-0.2, 0) is 9.59 Å². The second kappa shape index (κ2) is 31.2. The molecule has 0 aliphatic rings. The predicted molar refractivity (Wildman–Crippen MR) is 172 cm³/mol. The standard InChI is InChI=1S/C36H67NO2/c1-3-5-7-9-11-13-15-17-19-21-23-25-27-29-31-33-35(38)34(36(37)39)32-30-28-26-24-22-20-18-16-14-12-10-8-6-4-2/h17-20,34H,3-16,21-33H2,1-2H3,(H2,37,39). The first-order valence-electron chi connectivity index (χ1n) is 17.2. The summed E-state index contributed by atoms with van der Waals surface area (Å²) in [7, 11) is 0. The number of primary amides is 1. The van der Waals surface area contributed by atoms with Crippen LogP contribution in [0.2, 0.25) is 0 Å². The third-order valence-electron chi connectivity index (χ3n) is 7.92. The van der Waals surface area contributed by atoms with E-state index < -0.39 is 11.8 Å². The number of nitrogens with two attached hydrogens (primary N) is 1. The Morgan fingerprint density at radius 1 is 0.487 bits per heavy atom. The zero-order valence-corrected chi connectivity index (χ0v) is 26.4. The fourth-order valence-corrected chi connectivity index (χ4v) is 5.25. The maximum absolute atomic E-state index is 12.6. The summed E-state index contributed by atoms with van der Waals surface area (Å²) in [6.07, 6.45) is 41.6. The Morgan fingerprint density at radius 2 is 0.821 bits per heavy atom. The lowest BCUT2D eigenvalue weighted by Gasteiger charge is -2.12. The average Bonchev–Trinajstić information content (AvgIpc) is 2.92. The van der Waals surface area contributed by atoms with Gasteiger partial charge in [0.2, 0.25) is 5.91 Å². The summed E-state index contributed by atoms with van der Waals surface area (Å²) in [5.41, 5.74) is 5.57. The average molecular weight is 546 g/mol. The Morgan fingerprint density at radius 3 is 1.21 bits per heavy atom. The van der Waals surface area contributed by atoms with Crippen molar-refractivity contribution >= 4 is 11.7 Å². The summed E-state index contributed by atoms with van der Waals surface area (Å²) in [6, 6.07) is 0. The van der Waals surface area contributed by atoms with Crippen LogP contribution < -0.4 is 5.73 Å². The highest BCUT2D eigenvalue weighted by Gasteiger charge is 2.22. The zero-order chi connectivity index (χ0) is 28.7. The number of allylic oxidation sites excluding steroid dienone is 4. The highest BCUT2D eigenvalue weighted by atomic mass is 16.2. The van der Waals surface area contributed by atoms with Crippen LogP contribution in [0, 0.1) is 5.92 Å². The number of rotatable bonds is 31. The van der Waals surface area contributed by atoms with E-state index in [1.807, 2.05) is 0 Å². The quantitative estimate of drug-likeness (QED) is 0.0535. The molecule has 228 valence electrons. The van der Waals surface area contributed by atoms with Gasteiger partial charge in [0, 0.05) is 6.42 Å². The van der Waals surface area contributed by atoms with Crippen LogP contribution in [0.25, 0.3) is 0 Å². The molecule has 0 heterocycles. The van der Waals surface area contributed by atoms with Crippen LogP contribution >= 0.6 is 0 Å². The van der Waals surface area contributed by atoms with E-state index in [9.17, 15) is 9.59 Å². The molecule has 1 unspecified atom stereocenters. The molecule has 0 bridgehead atoms. The van der Waals surface area contributed by atoms with Crippen LogP contribution in [0.4, 0.5) is 0 Å². The third-order valence-corrected chi connectivity index (χ3v) is 7.92. The molecule has 0 aliphatic heterocycles. The lowest BCUT2D eigenvalue weighted by Crippen LogP contribution is -2.30. The van der Waals surface area contributed by atoms with Crippen molar-refractivity contribution < 1.29 is 9.59 Å². The molecule has 1 amide bonds. The molecule has 0 radical (unpaired) electrons. The largest absolute Gasteiger partial charge is 0.369 e. The molecule has 1 atom stereocenters. The highest BCUT2D eigenvalue weighted by molar-refractivity contribution is 6.00. The van der Waals surface area contributed by atoms with Crippen LogP contribution in [0.5, 0.6) is 0 Å². The van der Waals surface area contributed by atoms with E-state index in [1.165, 1.54) is 122 Å². The highest BCUT2D eigenvalue weighted by Crippen LogP contribution is 2.17. The predicted octanol–water partition coefficient (Wildman–Crippen LogP) is 11.3. The Kier molecular flexibility index (Phi) is 30.0. The maximum atomic E-state index is 12.6. The van der Waals surface area contributed by atoms with Crippen molar-refractivity contribution in [2.24, 2.45) is 11.7 Å². The molecule has 0 aromatic rings. The second-order valence-corrected chi connectivity index (χ2v) is 11.8. The van der Waals surface area contributed by atoms with Gasteiger partial charge in [-0.25, -0.2) is 0 Å². The first kappa shape index (κ1) is 37.6. The minimum absolute atomic E-state index is 0.0674. The molecule has 0 aliphatic carbocycles. The number of amides is 1. The molecule has 0 aromatic carbocycles. The van der Waals surface area contributed by atoms with Gasteiger partial charge in [-0.15, -0.1) is 0 Å². The molecule has 0 aromatic heterocycles. The molecular weight excluding hydrogens is 478 g/mol. The van der Waals surface area contributed by atoms with E-state index >= 15 is 0 Å². The lowest BCUT2D eigenvalue weighted by atomic mass is 9.92. The number of carbonyl (C=O) groups excluding carboxylic acids is 2. The van der Waals surface area contributed by atoms with Gasteiger partial charge in [-0.1, -0.05) is 141 Å². The Labute approximate surface area is 244 Å². The normalized spacial score (nSPS) is 12.6. The van der Waals surface area contributed by atoms with Crippen molar-refractivity contribution in [3.63, 3.8) is 0 Å². The van der Waals surface area contributed by atoms with Crippen LogP contribution in [0.3, 0.4) is 0 Å². The second-order valence-electron chi connectivity index (χ2n) is 11.8. The van der Waals surface area contributed by atoms with Gasteiger partial charge in [-0.3, -0.25) is 9.59 Å². The van der Waals surface area contributed by atoms with Gasteiger partial charge in [-0.2, -0.15) is 0 Å². The summed E-state index contributed by atoms with van der Waals surface area (Å²) >= 11 is 0. The molecule has 2 N–H and O–H groups in total. The van der Waals surface area contributed by atoms with Crippen molar-refractivity contribution in [1.82, 2.24) is 0 Å². The molecule has 0 spiro atoms. The van der Waals surface area contributed by atoms with Gasteiger partial charge in [0.15, 0.2) is 0 Å². The molecule has 0 saturated heterocycles. The molecule has 0 fully saturated rings. The molecule has 0 saturated carbocycles. The van der Waals surface area contributed by atoms with Gasteiger partial charge in [0.05, 0.1) is 5.92 Å². The smallest absolute Gasteiger partial charge is 0.227 e. The molecule has 3 heteroatoms. The number of unbranched alkanes of at least 4 members (excludes halogenated alkanes) is 21. The van der Waals surface area contributed by atoms with Crippen molar-refractivity contribution in [2.75, 3.05) is 0 Å². The van der Waals surface area contributed by atoms with Crippen LogP contribution in [0.1, 0.15) is 187 Å². The molecule has 0 rings (SSSR count). The number of Topliss-reactive ketones (excluding diaryl/α,β-unsaturated/α-hetero) is 1. The Bertz CT molecular complexity index is 595. The fraction of sp³-hybridized carbons (Fsp3) is 0.833. The summed E-state index contributed by atoms with van der Waals surface area (Å²) < 4.78 is 0. The number of ketones is 1. The van der Waals surface area contributed by atoms with E-state index in [-0.39, 0.29) is 5.78 Å². The number of hydrogen-bond donors (Lipinski definition) is 1. The van der Waals surface area contributed by atoms with Gasteiger partial charge >= 0.3 is 0 Å². The maximum Gasteiger partial charge on any atom is 0.227 e. The first-order valence-corrected chi connectivity index (χ1v) is 17.2. The van der Waals surface area contributed by atoms with E-state index in [4.69, 9.17) is 5.73 Å². The SMILES string of the molecule is CCCCCCCCC=CCCCCCCCC(=O)C(CCCCCCC=CCCCCCCCC)C(N)=O. The number of hydrogen-bond acceptors (Lipinski definition) is 2. The minimum Gasteiger partial charge on any atom is -0.369 e. The summed E-state index contributed by atoms with van der Waals surface area (Å²) in [5.74, 6) is -0.929. The van der Waals surface area contributed by atoms with E-state index in [1.54, 1.807) is 0 Å². The lowest BCUT2D eigenvalue weighted by molar-refractivity contribution is -0.132. The molecule has 39 heavy (non-hydrogen) atoms. The van der Waals surface area contributed by atoms with Gasteiger partial charge in [-0.05, 0) is 64.2 Å². The third kappa shape index (κ3) is 28.0. The van der Waals surface area contributed by atoms with Crippen LogP contribution in [0.15, 0.2) is 24.3 Å². The fourth-order valence-electron chi connectivity index (χ4n) is 5.25. The minimum atomic E-state index is -0.570. The molecular formula is C36H67NO2. The number of carbonyl (C=O) groups is 2. The van der Waals surface area contributed by atoms with E-state index in [2.05, 4.69) is 38.2 Å². The topological polar surface area (TPSA) is 60.2 Å². The van der Waals surface area contributed by atoms with Crippen molar-refractivity contribution in [3.8, 4) is 0 Å². The summed E-state index contributed by atoms with van der Waals surface area (Å²) in [4.78, 5) is 24.4.